The maximum Gasteiger partial charge on any atom is 0.247 e. The first-order chi connectivity index (χ1) is 5.09. The number of amides is 1. The highest BCUT2D eigenvalue weighted by molar-refractivity contribution is 5.94. The van der Waals surface area contributed by atoms with Crippen molar-refractivity contribution >= 4 is 12.2 Å². The smallest absolute Gasteiger partial charge is 0.247 e. The second-order valence-electron chi connectivity index (χ2n) is 2.50. The third-order valence-corrected chi connectivity index (χ3v) is 1.44. The first-order valence-corrected chi connectivity index (χ1v) is 3.45. The Morgan fingerprint density at radius 3 is 2.27 bits per heavy atom. The lowest BCUT2D eigenvalue weighted by Crippen LogP contribution is -2.26. The van der Waals surface area contributed by atoms with Crippen LogP contribution in [0.4, 0.5) is 0 Å². The van der Waals surface area contributed by atoms with Crippen LogP contribution in [0.15, 0.2) is 11.1 Å². The van der Waals surface area contributed by atoms with E-state index in [1.54, 1.807) is 6.92 Å². The molecule has 0 aromatic carbocycles. The van der Waals surface area contributed by atoms with Gasteiger partial charge in [0.2, 0.25) is 5.91 Å². The van der Waals surface area contributed by atoms with Crippen LogP contribution < -0.4 is 5.32 Å². The third-order valence-electron chi connectivity index (χ3n) is 1.44. The number of hydrogen-bond acceptors (Lipinski definition) is 2. The number of aldehydes is 1. The number of rotatable bonds is 3. The molecule has 0 aromatic rings. The molecule has 11 heavy (non-hydrogen) atoms. The van der Waals surface area contributed by atoms with Crippen LogP contribution in [0.1, 0.15) is 20.8 Å². The Morgan fingerprint density at radius 2 is 1.91 bits per heavy atom. The molecule has 0 saturated carbocycles. The molecule has 3 heteroatoms. The van der Waals surface area contributed by atoms with Crippen molar-refractivity contribution in [2.24, 2.45) is 0 Å². The maximum atomic E-state index is 11.0. The molecule has 0 bridgehead atoms. The minimum absolute atomic E-state index is 0.0868. The highest BCUT2D eigenvalue weighted by atomic mass is 16.2. The zero-order valence-corrected chi connectivity index (χ0v) is 7.10. The van der Waals surface area contributed by atoms with Gasteiger partial charge in [-0.25, -0.2) is 0 Å². The lowest BCUT2D eigenvalue weighted by molar-refractivity contribution is -0.119. The molecular weight excluding hydrogens is 142 g/mol. The number of allylic oxidation sites excluding steroid dienone is 1. The van der Waals surface area contributed by atoms with Crippen molar-refractivity contribution in [3.05, 3.63) is 11.1 Å². The van der Waals surface area contributed by atoms with E-state index in [1.165, 1.54) is 0 Å². The fraction of sp³-hybridized carbons (Fsp3) is 0.500. The Bertz CT molecular complexity index is 190. The predicted octanol–water partition coefficient (Wildman–Crippen LogP) is 0.658. The Labute approximate surface area is 66.5 Å². The predicted molar refractivity (Wildman–Crippen MR) is 43.1 cm³/mol. The van der Waals surface area contributed by atoms with Gasteiger partial charge in [-0.05, 0) is 20.8 Å². The fourth-order valence-electron chi connectivity index (χ4n) is 0.494. The van der Waals surface area contributed by atoms with E-state index >= 15 is 0 Å². The van der Waals surface area contributed by atoms with Gasteiger partial charge in [0.05, 0.1) is 6.54 Å². The standard InChI is InChI=1S/C8H13NO2/c1-6(2)7(3)8(11)9-4-5-10/h5H,4H2,1-3H3,(H,9,11). The molecule has 0 saturated heterocycles. The van der Waals surface area contributed by atoms with Gasteiger partial charge in [0, 0.05) is 5.57 Å². The number of carbonyl (C=O) groups excluding carboxylic acids is 2. The summed E-state index contributed by atoms with van der Waals surface area (Å²) in [6.45, 7) is 5.53. The van der Waals surface area contributed by atoms with Crippen LogP contribution in [0.25, 0.3) is 0 Å². The summed E-state index contributed by atoms with van der Waals surface area (Å²) in [5.74, 6) is -0.169. The van der Waals surface area contributed by atoms with E-state index < -0.39 is 0 Å². The molecular formula is C8H13NO2. The Balaban J connectivity index is 4.04. The van der Waals surface area contributed by atoms with Crippen LogP contribution in [0.2, 0.25) is 0 Å². The molecule has 1 amide bonds. The molecule has 0 heterocycles. The summed E-state index contributed by atoms with van der Waals surface area (Å²) in [5.41, 5.74) is 1.64. The van der Waals surface area contributed by atoms with Gasteiger partial charge in [0.25, 0.3) is 0 Å². The summed E-state index contributed by atoms with van der Waals surface area (Å²) >= 11 is 0. The highest BCUT2D eigenvalue weighted by Gasteiger charge is 2.02. The van der Waals surface area contributed by atoms with E-state index in [-0.39, 0.29) is 12.5 Å². The molecule has 0 aliphatic carbocycles. The summed E-state index contributed by atoms with van der Waals surface area (Å²) in [6.07, 6.45) is 0.663. The summed E-state index contributed by atoms with van der Waals surface area (Å²) < 4.78 is 0. The normalized spacial score (nSPS) is 8.64. The minimum atomic E-state index is -0.169. The van der Waals surface area contributed by atoms with E-state index in [0.29, 0.717) is 11.9 Å². The fourth-order valence-corrected chi connectivity index (χ4v) is 0.494. The number of carbonyl (C=O) groups is 2. The van der Waals surface area contributed by atoms with Crippen LogP contribution in [0, 0.1) is 0 Å². The van der Waals surface area contributed by atoms with Gasteiger partial charge in [0.15, 0.2) is 0 Å². The highest BCUT2D eigenvalue weighted by Crippen LogP contribution is 2.00. The van der Waals surface area contributed by atoms with Gasteiger partial charge >= 0.3 is 0 Å². The second-order valence-corrected chi connectivity index (χ2v) is 2.50. The largest absolute Gasteiger partial charge is 0.346 e. The Kier molecular flexibility index (Phi) is 4.18. The molecule has 0 radical (unpaired) electrons. The van der Waals surface area contributed by atoms with E-state index in [1.807, 2.05) is 13.8 Å². The van der Waals surface area contributed by atoms with Crippen molar-refractivity contribution < 1.29 is 9.59 Å². The zero-order chi connectivity index (χ0) is 8.85. The minimum Gasteiger partial charge on any atom is -0.346 e. The van der Waals surface area contributed by atoms with Crippen molar-refractivity contribution in [1.82, 2.24) is 5.32 Å². The lowest BCUT2D eigenvalue weighted by Gasteiger charge is -2.02. The molecule has 0 fully saturated rings. The molecule has 3 nitrogen and oxygen atoms in total. The average Bonchev–Trinajstić information content (AvgIpc) is 1.98. The molecule has 0 aliphatic rings. The molecule has 0 unspecified atom stereocenters. The van der Waals surface area contributed by atoms with Crippen molar-refractivity contribution in [2.45, 2.75) is 20.8 Å². The van der Waals surface area contributed by atoms with Crippen LogP contribution in [0.3, 0.4) is 0 Å². The zero-order valence-electron chi connectivity index (χ0n) is 7.10. The van der Waals surface area contributed by atoms with E-state index in [4.69, 9.17) is 0 Å². The summed E-state index contributed by atoms with van der Waals surface area (Å²) in [6, 6.07) is 0. The molecule has 0 rings (SSSR count). The van der Waals surface area contributed by atoms with Crippen molar-refractivity contribution in [2.75, 3.05) is 6.54 Å². The van der Waals surface area contributed by atoms with E-state index in [0.717, 1.165) is 5.57 Å². The van der Waals surface area contributed by atoms with Gasteiger partial charge in [-0.15, -0.1) is 0 Å². The van der Waals surface area contributed by atoms with E-state index in [2.05, 4.69) is 5.32 Å². The summed E-state index contributed by atoms with van der Waals surface area (Å²) in [5, 5.41) is 2.45. The molecule has 0 spiro atoms. The van der Waals surface area contributed by atoms with Crippen molar-refractivity contribution in [3.8, 4) is 0 Å². The molecule has 0 atom stereocenters. The summed E-state index contributed by atoms with van der Waals surface area (Å²) in [7, 11) is 0. The van der Waals surface area contributed by atoms with Crippen LogP contribution in [-0.2, 0) is 9.59 Å². The van der Waals surface area contributed by atoms with Crippen LogP contribution >= 0.6 is 0 Å². The molecule has 0 aromatic heterocycles. The maximum absolute atomic E-state index is 11.0. The third kappa shape index (κ3) is 3.55. The Morgan fingerprint density at radius 1 is 1.36 bits per heavy atom. The Hall–Kier alpha value is -1.12. The first-order valence-electron chi connectivity index (χ1n) is 3.45. The van der Waals surface area contributed by atoms with Gasteiger partial charge in [0.1, 0.15) is 6.29 Å². The average molecular weight is 155 g/mol. The van der Waals surface area contributed by atoms with Crippen LogP contribution in [0.5, 0.6) is 0 Å². The summed E-state index contributed by atoms with van der Waals surface area (Å²) in [4.78, 5) is 20.9. The SMILES string of the molecule is CC(C)=C(C)C(=O)NCC=O. The van der Waals surface area contributed by atoms with Crippen molar-refractivity contribution in [1.29, 1.82) is 0 Å². The first kappa shape index (κ1) is 9.88. The van der Waals surface area contributed by atoms with Crippen molar-refractivity contribution in [3.63, 3.8) is 0 Å². The van der Waals surface area contributed by atoms with Gasteiger partial charge in [-0.2, -0.15) is 0 Å². The number of hydrogen-bond donors (Lipinski definition) is 1. The number of nitrogens with one attached hydrogen (secondary N) is 1. The lowest BCUT2D eigenvalue weighted by atomic mass is 10.2. The monoisotopic (exact) mass is 155 g/mol. The molecule has 0 aliphatic heterocycles. The quantitative estimate of drug-likeness (QED) is 0.480. The van der Waals surface area contributed by atoms with Gasteiger partial charge in [-0.3, -0.25) is 4.79 Å². The van der Waals surface area contributed by atoms with Gasteiger partial charge in [-0.1, -0.05) is 5.57 Å². The van der Waals surface area contributed by atoms with Crippen LogP contribution in [-0.4, -0.2) is 18.7 Å². The van der Waals surface area contributed by atoms with Gasteiger partial charge < -0.3 is 10.1 Å². The molecule has 62 valence electrons. The topological polar surface area (TPSA) is 46.2 Å². The second kappa shape index (κ2) is 4.66. The molecule has 1 N–H and O–H groups in total. The van der Waals surface area contributed by atoms with E-state index in [9.17, 15) is 9.59 Å².